The molecule has 106 valence electrons. The van der Waals surface area contributed by atoms with Crippen LogP contribution >= 0.6 is 43.5 Å². The number of nitrogens with one attached hydrogen (secondary N) is 1. The molecule has 1 N–H and O–H groups in total. The van der Waals surface area contributed by atoms with E-state index in [2.05, 4.69) is 41.6 Å². The SMILES string of the molecule is Cc1ccnc(Cl)c1NS(=O)(=O)c1cc(Br)ccc1Br. The molecule has 0 saturated heterocycles. The summed E-state index contributed by atoms with van der Waals surface area (Å²) in [6.45, 7) is 1.75. The van der Waals surface area contributed by atoms with Crippen LogP contribution in [0.2, 0.25) is 5.15 Å². The maximum Gasteiger partial charge on any atom is 0.263 e. The Balaban J connectivity index is 2.49. The van der Waals surface area contributed by atoms with Crippen molar-refractivity contribution in [2.75, 3.05) is 4.72 Å². The Labute approximate surface area is 138 Å². The van der Waals surface area contributed by atoms with Gasteiger partial charge >= 0.3 is 0 Å². The Morgan fingerprint density at radius 2 is 1.95 bits per heavy atom. The Kier molecular flexibility index (Phi) is 4.73. The van der Waals surface area contributed by atoms with Crippen molar-refractivity contribution in [3.8, 4) is 0 Å². The lowest BCUT2D eigenvalue weighted by molar-refractivity contribution is 0.600. The summed E-state index contributed by atoms with van der Waals surface area (Å²) in [4.78, 5) is 3.99. The lowest BCUT2D eigenvalue weighted by atomic mass is 10.3. The molecule has 2 aromatic rings. The van der Waals surface area contributed by atoms with Crippen LogP contribution in [0.1, 0.15) is 5.56 Å². The predicted molar refractivity (Wildman–Crippen MR) is 86.6 cm³/mol. The fraction of sp³-hybridized carbons (Fsp3) is 0.0833. The van der Waals surface area contributed by atoms with Gasteiger partial charge in [0.2, 0.25) is 0 Å². The standard InChI is InChI=1S/C12H9Br2ClN2O2S/c1-7-4-5-16-12(15)11(7)17-20(18,19)10-6-8(13)2-3-9(10)14/h2-6,17H,1H3. The second kappa shape index (κ2) is 6.01. The van der Waals surface area contributed by atoms with E-state index in [-0.39, 0.29) is 15.7 Å². The molecule has 0 amide bonds. The third-order valence-electron chi connectivity index (χ3n) is 2.53. The van der Waals surface area contributed by atoms with Crippen molar-refractivity contribution in [3.05, 3.63) is 50.1 Å². The number of aryl methyl sites for hydroxylation is 1. The van der Waals surface area contributed by atoms with Crippen molar-refractivity contribution in [2.24, 2.45) is 0 Å². The molecule has 0 saturated carbocycles. The Morgan fingerprint density at radius 1 is 1.25 bits per heavy atom. The first-order valence-electron chi connectivity index (χ1n) is 5.40. The first kappa shape index (κ1) is 15.8. The molecular weight excluding hydrogens is 431 g/mol. The molecule has 0 aliphatic rings. The van der Waals surface area contributed by atoms with Crippen molar-refractivity contribution in [1.29, 1.82) is 0 Å². The van der Waals surface area contributed by atoms with Gasteiger partial charge in [0.05, 0.1) is 5.69 Å². The summed E-state index contributed by atoms with van der Waals surface area (Å²) >= 11 is 12.4. The molecule has 0 aliphatic heterocycles. The molecule has 8 heteroatoms. The van der Waals surface area contributed by atoms with E-state index in [1.165, 1.54) is 12.3 Å². The fourth-order valence-corrected chi connectivity index (χ4v) is 4.47. The van der Waals surface area contributed by atoms with Crippen LogP contribution in [0.3, 0.4) is 0 Å². The summed E-state index contributed by atoms with van der Waals surface area (Å²) in [5, 5.41) is 0.111. The summed E-state index contributed by atoms with van der Waals surface area (Å²) in [6, 6.07) is 6.58. The minimum absolute atomic E-state index is 0.111. The number of benzene rings is 1. The van der Waals surface area contributed by atoms with Gasteiger partial charge in [-0.15, -0.1) is 0 Å². The van der Waals surface area contributed by atoms with Gasteiger partial charge in [-0.3, -0.25) is 4.72 Å². The maximum absolute atomic E-state index is 12.4. The van der Waals surface area contributed by atoms with Crippen molar-refractivity contribution < 1.29 is 8.42 Å². The third-order valence-corrected chi connectivity index (χ3v) is 5.66. The Bertz CT molecular complexity index is 746. The van der Waals surface area contributed by atoms with Gasteiger partial charge in [0.1, 0.15) is 4.90 Å². The molecule has 0 aliphatic carbocycles. The Hall–Kier alpha value is -0.630. The van der Waals surface area contributed by atoms with Crippen LogP contribution in [-0.2, 0) is 10.0 Å². The zero-order valence-electron chi connectivity index (χ0n) is 10.2. The zero-order chi connectivity index (χ0) is 14.9. The number of halogens is 3. The van der Waals surface area contributed by atoms with Crippen molar-refractivity contribution >= 4 is 59.2 Å². The second-order valence-electron chi connectivity index (χ2n) is 3.97. The highest BCUT2D eigenvalue weighted by atomic mass is 79.9. The molecule has 0 radical (unpaired) electrons. The van der Waals surface area contributed by atoms with Crippen LogP contribution in [0.15, 0.2) is 44.3 Å². The van der Waals surface area contributed by atoms with Gasteiger partial charge in [0.15, 0.2) is 5.15 Å². The van der Waals surface area contributed by atoms with Crippen molar-refractivity contribution in [1.82, 2.24) is 4.98 Å². The topological polar surface area (TPSA) is 59.1 Å². The van der Waals surface area contributed by atoms with Gasteiger partial charge in [-0.05, 0) is 52.7 Å². The van der Waals surface area contributed by atoms with E-state index in [1.54, 1.807) is 25.1 Å². The summed E-state index contributed by atoms with van der Waals surface area (Å²) < 4.78 is 28.5. The minimum Gasteiger partial charge on any atom is -0.276 e. The molecule has 1 aromatic heterocycles. The molecule has 20 heavy (non-hydrogen) atoms. The molecule has 0 unspecified atom stereocenters. The van der Waals surface area contributed by atoms with E-state index < -0.39 is 10.0 Å². The summed E-state index contributed by atoms with van der Waals surface area (Å²) in [5.74, 6) is 0. The van der Waals surface area contributed by atoms with E-state index >= 15 is 0 Å². The van der Waals surface area contributed by atoms with Crippen LogP contribution in [0.25, 0.3) is 0 Å². The van der Waals surface area contributed by atoms with Crippen LogP contribution in [0.5, 0.6) is 0 Å². The first-order valence-corrected chi connectivity index (χ1v) is 8.85. The van der Waals surface area contributed by atoms with Crippen LogP contribution < -0.4 is 4.72 Å². The molecule has 0 bridgehead atoms. The number of hydrogen-bond donors (Lipinski definition) is 1. The molecule has 0 fully saturated rings. The van der Waals surface area contributed by atoms with Crippen molar-refractivity contribution in [2.45, 2.75) is 11.8 Å². The molecule has 0 spiro atoms. The van der Waals surface area contributed by atoms with E-state index in [9.17, 15) is 8.42 Å². The molecule has 4 nitrogen and oxygen atoms in total. The summed E-state index contributed by atoms with van der Waals surface area (Å²) in [7, 11) is -3.76. The van der Waals surface area contributed by atoms with Crippen molar-refractivity contribution in [3.63, 3.8) is 0 Å². The number of nitrogens with zero attached hydrogens (tertiary/aromatic N) is 1. The van der Waals surface area contributed by atoms with Crippen LogP contribution in [-0.4, -0.2) is 13.4 Å². The minimum atomic E-state index is -3.76. The van der Waals surface area contributed by atoms with E-state index in [0.717, 1.165) is 0 Å². The number of aromatic nitrogens is 1. The Morgan fingerprint density at radius 3 is 2.60 bits per heavy atom. The monoisotopic (exact) mass is 438 g/mol. The number of hydrogen-bond acceptors (Lipinski definition) is 3. The van der Waals surface area contributed by atoms with Crippen LogP contribution in [0.4, 0.5) is 5.69 Å². The highest BCUT2D eigenvalue weighted by Crippen LogP contribution is 2.30. The van der Waals surface area contributed by atoms with E-state index in [4.69, 9.17) is 11.6 Å². The summed E-state index contributed by atoms with van der Waals surface area (Å²) in [6.07, 6.45) is 1.52. The van der Waals surface area contributed by atoms with Gasteiger partial charge in [0.25, 0.3) is 10.0 Å². The quantitative estimate of drug-likeness (QED) is 0.721. The molecule has 1 aromatic carbocycles. The lowest BCUT2D eigenvalue weighted by Gasteiger charge is -2.12. The highest BCUT2D eigenvalue weighted by molar-refractivity contribution is 9.11. The largest absolute Gasteiger partial charge is 0.276 e. The van der Waals surface area contributed by atoms with Gasteiger partial charge in [-0.2, -0.15) is 0 Å². The zero-order valence-corrected chi connectivity index (χ0v) is 14.9. The van der Waals surface area contributed by atoms with Gasteiger partial charge in [0, 0.05) is 15.1 Å². The smallest absolute Gasteiger partial charge is 0.263 e. The average Bonchev–Trinajstić information content (AvgIpc) is 2.37. The number of anilines is 1. The van der Waals surface area contributed by atoms with Gasteiger partial charge in [-0.1, -0.05) is 27.5 Å². The molecule has 0 atom stereocenters. The van der Waals surface area contributed by atoms with E-state index in [0.29, 0.717) is 14.5 Å². The van der Waals surface area contributed by atoms with Crippen LogP contribution in [0, 0.1) is 6.92 Å². The summed E-state index contributed by atoms with van der Waals surface area (Å²) in [5.41, 5.74) is 0.973. The maximum atomic E-state index is 12.4. The van der Waals surface area contributed by atoms with E-state index in [1.807, 2.05) is 0 Å². The number of sulfonamides is 1. The average molecular weight is 441 g/mol. The first-order chi connectivity index (χ1) is 9.31. The number of pyridine rings is 1. The molecule has 1 heterocycles. The fourth-order valence-electron chi connectivity index (χ4n) is 1.52. The highest BCUT2D eigenvalue weighted by Gasteiger charge is 2.20. The predicted octanol–water partition coefficient (Wildman–Crippen LogP) is 4.37. The molecular formula is C12H9Br2ClN2O2S. The molecule has 2 rings (SSSR count). The number of rotatable bonds is 3. The van der Waals surface area contributed by atoms with Gasteiger partial charge < -0.3 is 0 Å². The van der Waals surface area contributed by atoms with Gasteiger partial charge in [-0.25, -0.2) is 13.4 Å². The lowest BCUT2D eigenvalue weighted by Crippen LogP contribution is -2.15. The third kappa shape index (κ3) is 3.33. The normalized spacial score (nSPS) is 11.4. The second-order valence-corrected chi connectivity index (χ2v) is 7.75.